The maximum absolute atomic E-state index is 12.3. The Kier molecular flexibility index (Phi) is 8.15. The monoisotopic (exact) mass is 371 g/mol. The maximum Gasteiger partial charge on any atom is 0.216 e. The average Bonchev–Trinajstić information content (AvgIpc) is 2.62. The molecule has 6 nitrogen and oxygen atoms in total. The summed E-state index contributed by atoms with van der Waals surface area (Å²) in [5.74, 6) is 0.882. The van der Waals surface area contributed by atoms with Crippen LogP contribution in [-0.4, -0.2) is 64.6 Å². The van der Waals surface area contributed by atoms with Gasteiger partial charge >= 0.3 is 0 Å². The van der Waals surface area contributed by atoms with Crippen molar-refractivity contribution >= 4 is 10.0 Å². The van der Waals surface area contributed by atoms with Crippen LogP contribution in [0.4, 0.5) is 0 Å². The van der Waals surface area contributed by atoms with Crippen molar-refractivity contribution < 1.29 is 22.6 Å². The van der Waals surface area contributed by atoms with Crippen molar-refractivity contribution in [3.05, 3.63) is 29.8 Å². The molecular formula is C18H29NO5S. The number of hydrogen-bond acceptors (Lipinski definition) is 5. The van der Waals surface area contributed by atoms with Gasteiger partial charge in [-0.15, -0.1) is 0 Å². The van der Waals surface area contributed by atoms with E-state index in [9.17, 15) is 8.42 Å². The maximum atomic E-state index is 12.3. The van der Waals surface area contributed by atoms with Crippen molar-refractivity contribution in [2.45, 2.75) is 32.3 Å². The number of sulfonamides is 1. The molecule has 0 spiro atoms. The van der Waals surface area contributed by atoms with Crippen LogP contribution >= 0.6 is 0 Å². The van der Waals surface area contributed by atoms with E-state index in [-0.39, 0.29) is 18.5 Å². The van der Waals surface area contributed by atoms with Crippen molar-refractivity contribution in [3.8, 4) is 5.75 Å². The van der Waals surface area contributed by atoms with Gasteiger partial charge in [0.1, 0.15) is 11.9 Å². The number of nitrogens with zero attached hydrogens (tertiary/aromatic N) is 1. The Morgan fingerprint density at radius 3 is 2.60 bits per heavy atom. The van der Waals surface area contributed by atoms with Crippen LogP contribution in [0.15, 0.2) is 24.3 Å². The third-order valence-electron chi connectivity index (χ3n) is 4.32. The molecule has 0 unspecified atom stereocenters. The first kappa shape index (κ1) is 20.2. The van der Waals surface area contributed by atoms with Crippen LogP contribution in [0.5, 0.6) is 5.75 Å². The summed E-state index contributed by atoms with van der Waals surface area (Å²) < 4.78 is 42.4. The van der Waals surface area contributed by atoms with Gasteiger partial charge in [-0.3, -0.25) is 0 Å². The van der Waals surface area contributed by atoms with Gasteiger partial charge < -0.3 is 14.2 Å². The molecule has 1 aliphatic heterocycles. The Hall–Kier alpha value is -1.15. The van der Waals surface area contributed by atoms with E-state index in [4.69, 9.17) is 14.2 Å². The fourth-order valence-corrected chi connectivity index (χ4v) is 4.15. The van der Waals surface area contributed by atoms with Gasteiger partial charge in [0.15, 0.2) is 0 Å². The molecule has 1 saturated heterocycles. The Labute approximate surface area is 151 Å². The molecule has 0 atom stereocenters. The fraction of sp³-hybridized carbons (Fsp3) is 0.667. The van der Waals surface area contributed by atoms with Crippen LogP contribution in [0.2, 0.25) is 0 Å². The highest BCUT2D eigenvalue weighted by atomic mass is 32.2. The highest BCUT2D eigenvalue weighted by molar-refractivity contribution is 7.89. The molecule has 1 fully saturated rings. The molecule has 0 amide bonds. The summed E-state index contributed by atoms with van der Waals surface area (Å²) in [6, 6.07) is 8.09. The molecule has 2 rings (SSSR count). The summed E-state index contributed by atoms with van der Waals surface area (Å²) in [7, 11) is -1.68. The molecule has 1 aromatic rings. The summed E-state index contributed by atoms with van der Waals surface area (Å²) in [5, 5.41) is 0. The molecule has 1 heterocycles. The molecule has 1 aromatic carbocycles. The van der Waals surface area contributed by atoms with Crippen LogP contribution in [0.25, 0.3) is 0 Å². The smallest absolute Gasteiger partial charge is 0.216 e. The highest BCUT2D eigenvalue weighted by Gasteiger charge is 2.28. The lowest BCUT2D eigenvalue weighted by molar-refractivity contribution is 0.0778. The Morgan fingerprint density at radius 1 is 1.16 bits per heavy atom. The third-order valence-corrected chi connectivity index (χ3v) is 6.16. The second kappa shape index (κ2) is 10.1. The summed E-state index contributed by atoms with van der Waals surface area (Å²) in [4.78, 5) is 0. The van der Waals surface area contributed by atoms with Crippen LogP contribution in [0, 0.1) is 0 Å². The van der Waals surface area contributed by atoms with E-state index in [1.54, 1.807) is 11.4 Å². The zero-order chi connectivity index (χ0) is 18.1. The molecule has 0 aliphatic carbocycles. The van der Waals surface area contributed by atoms with Crippen molar-refractivity contribution in [2.75, 3.05) is 45.8 Å². The lowest BCUT2D eigenvalue weighted by Crippen LogP contribution is -2.43. The predicted molar refractivity (Wildman–Crippen MR) is 97.5 cm³/mol. The predicted octanol–water partition coefficient (Wildman–Crippen LogP) is 2.08. The Morgan fingerprint density at radius 2 is 1.92 bits per heavy atom. The summed E-state index contributed by atoms with van der Waals surface area (Å²) in [6.45, 7) is 4.20. The normalized spacial score (nSPS) is 16.9. The number of methoxy groups -OCH3 is 1. The molecular weight excluding hydrogens is 342 g/mol. The largest absolute Gasteiger partial charge is 0.490 e. The zero-order valence-electron chi connectivity index (χ0n) is 15.1. The summed E-state index contributed by atoms with van der Waals surface area (Å²) in [6.07, 6.45) is 2.46. The van der Waals surface area contributed by atoms with Gasteiger partial charge in [0, 0.05) is 20.2 Å². The Balaban J connectivity index is 1.76. The average molecular weight is 371 g/mol. The van der Waals surface area contributed by atoms with E-state index < -0.39 is 10.0 Å². The van der Waals surface area contributed by atoms with E-state index in [1.807, 2.05) is 12.1 Å². The van der Waals surface area contributed by atoms with E-state index >= 15 is 0 Å². The minimum absolute atomic E-state index is 0.0147. The number of benzene rings is 1. The second-order valence-corrected chi connectivity index (χ2v) is 8.23. The molecule has 0 bridgehead atoms. The van der Waals surface area contributed by atoms with E-state index in [0.717, 1.165) is 12.2 Å². The summed E-state index contributed by atoms with van der Waals surface area (Å²) >= 11 is 0. The van der Waals surface area contributed by atoms with Crippen molar-refractivity contribution in [3.63, 3.8) is 0 Å². The topological polar surface area (TPSA) is 65.1 Å². The molecule has 0 saturated carbocycles. The minimum Gasteiger partial charge on any atom is -0.490 e. The molecule has 25 heavy (non-hydrogen) atoms. The van der Waals surface area contributed by atoms with Crippen LogP contribution in [0.1, 0.15) is 25.3 Å². The van der Waals surface area contributed by atoms with Gasteiger partial charge in [-0.25, -0.2) is 12.7 Å². The van der Waals surface area contributed by atoms with Crippen molar-refractivity contribution in [2.24, 2.45) is 0 Å². The molecule has 1 aliphatic rings. The zero-order valence-corrected chi connectivity index (χ0v) is 16.0. The van der Waals surface area contributed by atoms with Gasteiger partial charge in [0.05, 0.1) is 25.6 Å². The molecule has 0 radical (unpaired) electrons. The second-order valence-electron chi connectivity index (χ2n) is 6.14. The first-order valence-electron chi connectivity index (χ1n) is 8.85. The van der Waals surface area contributed by atoms with E-state index in [0.29, 0.717) is 39.1 Å². The molecule has 0 aromatic heterocycles. The number of hydrogen-bond donors (Lipinski definition) is 0. The summed E-state index contributed by atoms with van der Waals surface area (Å²) in [5.41, 5.74) is 1.24. The highest BCUT2D eigenvalue weighted by Crippen LogP contribution is 2.21. The molecule has 142 valence electrons. The fourth-order valence-electron chi connectivity index (χ4n) is 2.80. The van der Waals surface area contributed by atoms with E-state index in [1.165, 1.54) is 5.56 Å². The van der Waals surface area contributed by atoms with Crippen LogP contribution < -0.4 is 4.74 Å². The van der Waals surface area contributed by atoms with Gasteiger partial charge in [-0.1, -0.05) is 19.1 Å². The van der Waals surface area contributed by atoms with Gasteiger partial charge in [0.25, 0.3) is 0 Å². The number of rotatable bonds is 10. The van der Waals surface area contributed by atoms with Gasteiger partial charge in [0.2, 0.25) is 10.0 Å². The standard InChI is InChI=1S/C18H29NO5S/c1-3-16-5-4-6-18(15-16)24-17-7-9-19(10-8-17)25(20,21)14-13-23-12-11-22-2/h4-6,15,17H,3,7-14H2,1-2H3. The number of aryl methyl sites for hydroxylation is 1. The molecule has 7 heteroatoms. The minimum atomic E-state index is -3.27. The first-order valence-corrected chi connectivity index (χ1v) is 10.5. The lowest BCUT2D eigenvalue weighted by Gasteiger charge is -2.31. The SMILES string of the molecule is CCc1cccc(OC2CCN(S(=O)(=O)CCOCCOC)CC2)c1. The Bertz CT molecular complexity index is 612. The molecule has 0 N–H and O–H groups in total. The van der Waals surface area contributed by atoms with Crippen molar-refractivity contribution in [1.82, 2.24) is 4.31 Å². The van der Waals surface area contributed by atoms with Crippen molar-refractivity contribution in [1.29, 1.82) is 0 Å². The van der Waals surface area contributed by atoms with Gasteiger partial charge in [-0.2, -0.15) is 0 Å². The number of ether oxygens (including phenoxy) is 3. The lowest BCUT2D eigenvalue weighted by atomic mass is 10.1. The quantitative estimate of drug-likeness (QED) is 0.589. The number of piperidine rings is 1. The first-order chi connectivity index (χ1) is 12.0. The van der Waals surface area contributed by atoms with Crippen LogP contribution in [-0.2, 0) is 25.9 Å². The van der Waals surface area contributed by atoms with Gasteiger partial charge in [-0.05, 0) is 37.0 Å². The van der Waals surface area contributed by atoms with E-state index in [2.05, 4.69) is 19.1 Å². The third kappa shape index (κ3) is 6.58. The van der Waals surface area contributed by atoms with Crippen LogP contribution in [0.3, 0.4) is 0 Å².